The molecular formula is C21H21N5O. The molecule has 0 aliphatic rings. The maximum Gasteiger partial charge on any atom is 0.274 e. The van der Waals surface area contributed by atoms with Gasteiger partial charge >= 0.3 is 0 Å². The molecule has 4 rings (SSSR count). The number of fused-ring (bicyclic) bond motifs is 1. The van der Waals surface area contributed by atoms with Gasteiger partial charge < -0.3 is 5.32 Å². The third-order valence-corrected chi connectivity index (χ3v) is 4.55. The molecule has 2 N–H and O–H groups in total. The SMILES string of the molecule is Cc1ccc(-c2nc3nc(CNc4ccc(C)cc4C)cc(=O)n3[nH]2)cc1. The number of anilines is 1. The van der Waals surface area contributed by atoms with E-state index in [1.165, 1.54) is 21.7 Å². The van der Waals surface area contributed by atoms with Gasteiger partial charge in [-0.25, -0.2) is 4.98 Å². The van der Waals surface area contributed by atoms with E-state index in [4.69, 9.17) is 0 Å². The molecule has 2 aromatic heterocycles. The molecule has 0 spiro atoms. The molecule has 0 aliphatic carbocycles. The number of hydrogen-bond donors (Lipinski definition) is 2. The second-order valence-corrected chi connectivity index (χ2v) is 6.83. The Hall–Kier alpha value is -3.41. The zero-order chi connectivity index (χ0) is 19.0. The van der Waals surface area contributed by atoms with Gasteiger partial charge in [-0.1, -0.05) is 47.5 Å². The Kier molecular flexibility index (Phi) is 4.24. The van der Waals surface area contributed by atoms with Crippen molar-refractivity contribution >= 4 is 11.5 Å². The lowest BCUT2D eigenvalue weighted by Crippen LogP contribution is -2.17. The fourth-order valence-electron chi connectivity index (χ4n) is 3.06. The summed E-state index contributed by atoms with van der Waals surface area (Å²) in [6.45, 7) is 6.62. The van der Waals surface area contributed by atoms with Crippen LogP contribution in [0.15, 0.2) is 53.3 Å². The highest BCUT2D eigenvalue weighted by Gasteiger charge is 2.10. The monoisotopic (exact) mass is 359 g/mol. The number of rotatable bonds is 4. The summed E-state index contributed by atoms with van der Waals surface area (Å²) in [6, 6.07) is 15.7. The van der Waals surface area contributed by atoms with E-state index in [0.717, 1.165) is 16.8 Å². The van der Waals surface area contributed by atoms with Gasteiger partial charge in [0.1, 0.15) is 0 Å². The Morgan fingerprint density at radius 1 is 0.963 bits per heavy atom. The van der Waals surface area contributed by atoms with Crippen molar-refractivity contribution in [1.82, 2.24) is 19.6 Å². The van der Waals surface area contributed by atoms with Crippen LogP contribution in [0.25, 0.3) is 17.2 Å². The lowest BCUT2D eigenvalue weighted by molar-refractivity contribution is 0.878. The topological polar surface area (TPSA) is 75.1 Å². The first-order valence-electron chi connectivity index (χ1n) is 8.86. The van der Waals surface area contributed by atoms with Crippen LogP contribution in [0.5, 0.6) is 0 Å². The first-order valence-corrected chi connectivity index (χ1v) is 8.86. The molecular weight excluding hydrogens is 338 g/mol. The van der Waals surface area contributed by atoms with Gasteiger partial charge in [0.15, 0.2) is 5.82 Å². The van der Waals surface area contributed by atoms with Gasteiger partial charge in [-0.3, -0.25) is 9.89 Å². The van der Waals surface area contributed by atoms with E-state index in [1.807, 2.05) is 37.3 Å². The van der Waals surface area contributed by atoms with Crippen molar-refractivity contribution in [2.75, 3.05) is 5.32 Å². The Labute approximate surface area is 156 Å². The smallest absolute Gasteiger partial charge is 0.274 e. The van der Waals surface area contributed by atoms with E-state index < -0.39 is 0 Å². The molecule has 0 amide bonds. The summed E-state index contributed by atoms with van der Waals surface area (Å²) in [5.74, 6) is 0.995. The zero-order valence-electron chi connectivity index (χ0n) is 15.6. The predicted molar refractivity (Wildman–Crippen MR) is 107 cm³/mol. The predicted octanol–water partition coefficient (Wildman–Crippen LogP) is 3.62. The van der Waals surface area contributed by atoms with E-state index in [1.54, 1.807) is 0 Å². The third-order valence-electron chi connectivity index (χ3n) is 4.55. The molecule has 136 valence electrons. The molecule has 2 aromatic carbocycles. The van der Waals surface area contributed by atoms with Crippen molar-refractivity contribution in [2.24, 2.45) is 0 Å². The number of H-pyrrole nitrogens is 1. The van der Waals surface area contributed by atoms with Crippen molar-refractivity contribution in [3.8, 4) is 11.4 Å². The maximum absolute atomic E-state index is 12.4. The molecule has 27 heavy (non-hydrogen) atoms. The van der Waals surface area contributed by atoms with Crippen molar-refractivity contribution in [3.05, 3.63) is 81.3 Å². The molecule has 4 aromatic rings. The van der Waals surface area contributed by atoms with Gasteiger partial charge in [-0.15, -0.1) is 0 Å². The van der Waals surface area contributed by atoms with Crippen LogP contribution in [0.3, 0.4) is 0 Å². The lowest BCUT2D eigenvalue weighted by atomic mass is 10.1. The van der Waals surface area contributed by atoms with E-state index >= 15 is 0 Å². The van der Waals surface area contributed by atoms with Crippen molar-refractivity contribution in [3.63, 3.8) is 0 Å². The molecule has 0 fully saturated rings. The van der Waals surface area contributed by atoms with Gasteiger partial charge in [-0.05, 0) is 32.4 Å². The van der Waals surface area contributed by atoms with Crippen LogP contribution < -0.4 is 10.9 Å². The molecule has 6 nitrogen and oxygen atoms in total. The Bertz CT molecular complexity index is 1170. The average Bonchev–Trinajstić information content (AvgIpc) is 3.06. The van der Waals surface area contributed by atoms with Gasteiger partial charge in [0.25, 0.3) is 11.3 Å². The Morgan fingerprint density at radius 2 is 1.70 bits per heavy atom. The Morgan fingerprint density at radius 3 is 2.44 bits per heavy atom. The molecule has 0 aliphatic heterocycles. The number of nitrogens with zero attached hydrogens (tertiary/aromatic N) is 3. The highest BCUT2D eigenvalue weighted by molar-refractivity contribution is 5.57. The molecule has 6 heteroatoms. The summed E-state index contributed by atoms with van der Waals surface area (Å²) >= 11 is 0. The highest BCUT2D eigenvalue weighted by Crippen LogP contribution is 2.18. The molecule has 0 bridgehead atoms. The first-order chi connectivity index (χ1) is 13.0. The largest absolute Gasteiger partial charge is 0.379 e. The standard InChI is InChI=1S/C21H21N5O/c1-13-4-7-16(8-5-13)20-24-21-23-17(11-19(27)26(21)25-20)12-22-18-9-6-14(2)10-15(18)3/h4-11,22H,12H2,1-3H3,(H,23,24,25). The van der Waals surface area contributed by atoms with Crippen LogP contribution in [-0.2, 0) is 6.54 Å². The maximum atomic E-state index is 12.4. The molecule has 2 heterocycles. The second kappa shape index (κ2) is 6.72. The summed E-state index contributed by atoms with van der Waals surface area (Å²) in [6.07, 6.45) is 0. The average molecular weight is 359 g/mol. The number of benzene rings is 2. The van der Waals surface area contributed by atoms with Crippen LogP contribution in [0.4, 0.5) is 5.69 Å². The molecule has 0 saturated carbocycles. The normalized spacial score (nSPS) is 11.1. The highest BCUT2D eigenvalue weighted by atomic mass is 16.1. The van der Waals surface area contributed by atoms with Crippen LogP contribution in [0.2, 0.25) is 0 Å². The minimum absolute atomic E-state index is 0.178. The lowest BCUT2D eigenvalue weighted by Gasteiger charge is -2.09. The summed E-state index contributed by atoms with van der Waals surface area (Å²) in [5, 5.41) is 6.37. The van der Waals surface area contributed by atoms with Crippen molar-refractivity contribution in [2.45, 2.75) is 27.3 Å². The molecule has 0 radical (unpaired) electrons. The minimum Gasteiger partial charge on any atom is -0.379 e. The summed E-state index contributed by atoms with van der Waals surface area (Å²) in [5.41, 5.74) is 5.98. The number of aromatic amines is 1. The van der Waals surface area contributed by atoms with E-state index in [9.17, 15) is 4.79 Å². The number of nitrogens with one attached hydrogen (secondary N) is 2. The molecule has 0 unspecified atom stereocenters. The van der Waals surface area contributed by atoms with Crippen LogP contribution in [0, 0.1) is 20.8 Å². The van der Waals surface area contributed by atoms with E-state index in [-0.39, 0.29) is 5.56 Å². The fourth-order valence-corrected chi connectivity index (χ4v) is 3.06. The van der Waals surface area contributed by atoms with E-state index in [0.29, 0.717) is 23.8 Å². The minimum atomic E-state index is -0.178. The van der Waals surface area contributed by atoms with Gasteiger partial charge in [0, 0.05) is 17.3 Å². The van der Waals surface area contributed by atoms with E-state index in [2.05, 4.69) is 46.4 Å². The van der Waals surface area contributed by atoms with Crippen molar-refractivity contribution < 1.29 is 0 Å². The summed E-state index contributed by atoms with van der Waals surface area (Å²) < 4.78 is 1.37. The third kappa shape index (κ3) is 3.46. The van der Waals surface area contributed by atoms with Gasteiger partial charge in [0.2, 0.25) is 0 Å². The first kappa shape index (κ1) is 17.0. The zero-order valence-corrected chi connectivity index (χ0v) is 15.6. The number of hydrogen-bond acceptors (Lipinski definition) is 4. The number of aromatic nitrogens is 4. The summed E-state index contributed by atoms with van der Waals surface area (Å²) in [4.78, 5) is 21.5. The molecule has 0 atom stereocenters. The van der Waals surface area contributed by atoms with Crippen molar-refractivity contribution in [1.29, 1.82) is 0 Å². The fraction of sp³-hybridized carbons (Fsp3) is 0.190. The second-order valence-electron chi connectivity index (χ2n) is 6.83. The van der Waals surface area contributed by atoms with Crippen LogP contribution >= 0.6 is 0 Å². The van der Waals surface area contributed by atoms with Gasteiger partial charge in [0.05, 0.1) is 12.2 Å². The van der Waals surface area contributed by atoms with Crippen LogP contribution in [-0.4, -0.2) is 19.6 Å². The Balaban J connectivity index is 1.63. The summed E-state index contributed by atoms with van der Waals surface area (Å²) in [7, 11) is 0. The molecule has 0 saturated heterocycles. The number of aryl methyl sites for hydroxylation is 3. The van der Waals surface area contributed by atoms with Gasteiger partial charge in [-0.2, -0.15) is 9.50 Å². The van der Waals surface area contributed by atoms with Crippen LogP contribution in [0.1, 0.15) is 22.4 Å². The quantitative estimate of drug-likeness (QED) is 0.583.